The third-order valence-electron chi connectivity index (χ3n) is 4.65. The highest BCUT2D eigenvalue weighted by Crippen LogP contribution is 2.49. The summed E-state index contributed by atoms with van der Waals surface area (Å²) in [6, 6.07) is 7.26. The zero-order valence-corrected chi connectivity index (χ0v) is 13.6. The molecule has 6 heteroatoms. The molecule has 0 N–H and O–H groups in total. The first kappa shape index (κ1) is 14.1. The molecular formula is C19H13NO5. The van der Waals surface area contributed by atoms with Crippen molar-refractivity contribution in [3.8, 4) is 34.1 Å². The molecule has 0 bridgehead atoms. The number of rotatable bonds is 2. The second-order valence-electron chi connectivity index (χ2n) is 5.82. The molecule has 1 aliphatic carbocycles. The quantitative estimate of drug-likeness (QED) is 0.560. The van der Waals surface area contributed by atoms with Gasteiger partial charge in [-0.2, -0.15) is 0 Å². The van der Waals surface area contributed by atoms with Gasteiger partial charge in [-0.15, -0.1) is 0 Å². The highest BCUT2D eigenvalue weighted by Gasteiger charge is 2.31. The standard InChI is InChI=1S/C19H13NO5/c1-22-15-6-11-10-5-13-14(25-8-24-13)7-12(10)18(21)17-16(11)9(3-4-20-17)19(15)23-2/h3-7H,8H2,1-2H3. The Morgan fingerprint density at radius 2 is 1.76 bits per heavy atom. The van der Waals surface area contributed by atoms with E-state index in [-0.39, 0.29) is 12.6 Å². The van der Waals surface area contributed by atoms with E-state index >= 15 is 0 Å². The molecule has 1 aromatic heterocycles. The van der Waals surface area contributed by atoms with Crippen LogP contribution in [0.3, 0.4) is 0 Å². The number of carbonyl (C=O) groups excluding carboxylic acids is 1. The van der Waals surface area contributed by atoms with Crippen LogP contribution in [-0.2, 0) is 0 Å². The van der Waals surface area contributed by atoms with Gasteiger partial charge in [0.15, 0.2) is 23.0 Å². The van der Waals surface area contributed by atoms with Crippen LogP contribution in [0.2, 0.25) is 0 Å². The van der Waals surface area contributed by atoms with Crippen LogP contribution >= 0.6 is 0 Å². The Bertz CT molecular complexity index is 1070. The highest BCUT2D eigenvalue weighted by molar-refractivity contribution is 6.26. The lowest BCUT2D eigenvalue weighted by atomic mass is 9.84. The summed E-state index contributed by atoms with van der Waals surface area (Å²) >= 11 is 0. The Morgan fingerprint density at radius 3 is 2.48 bits per heavy atom. The second-order valence-corrected chi connectivity index (χ2v) is 5.82. The number of benzene rings is 2. The predicted molar refractivity (Wildman–Crippen MR) is 89.8 cm³/mol. The van der Waals surface area contributed by atoms with Gasteiger partial charge in [-0.25, -0.2) is 0 Å². The van der Waals surface area contributed by atoms with Crippen LogP contribution in [0, 0.1) is 0 Å². The van der Waals surface area contributed by atoms with Crippen LogP contribution in [0.4, 0.5) is 0 Å². The minimum Gasteiger partial charge on any atom is -0.493 e. The highest BCUT2D eigenvalue weighted by atomic mass is 16.7. The van der Waals surface area contributed by atoms with E-state index in [1.165, 1.54) is 0 Å². The van der Waals surface area contributed by atoms with Crippen LogP contribution in [-0.4, -0.2) is 31.8 Å². The molecule has 0 saturated carbocycles. The number of carbonyl (C=O) groups is 1. The first-order chi connectivity index (χ1) is 12.2. The maximum absolute atomic E-state index is 13.0. The normalized spacial score (nSPS) is 13.8. The molecular weight excluding hydrogens is 322 g/mol. The Morgan fingerprint density at radius 1 is 1.00 bits per heavy atom. The lowest BCUT2D eigenvalue weighted by Crippen LogP contribution is -2.12. The number of hydrogen-bond acceptors (Lipinski definition) is 6. The van der Waals surface area contributed by atoms with Crippen molar-refractivity contribution in [3.05, 3.63) is 41.7 Å². The van der Waals surface area contributed by atoms with Crippen molar-refractivity contribution in [1.82, 2.24) is 4.98 Å². The summed E-state index contributed by atoms with van der Waals surface area (Å²) in [6.07, 6.45) is 1.61. The predicted octanol–water partition coefficient (Wildman–Crippen LogP) is 3.19. The molecule has 0 radical (unpaired) electrons. The summed E-state index contributed by atoms with van der Waals surface area (Å²) in [7, 11) is 3.17. The fourth-order valence-electron chi connectivity index (χ4n) is 3.55. The topological polar surface area (TPSA) is 66.9 Å². The fraction of sp³-hybridized carbons (Fsp3) is 0.158. The van der Waals surface area contributed by atoms with Crippen molar-refractivity contribution in [2.45, 2.75) is 0 Å². The number of ketones is 1. The van der Waals surface area contributed by atoms with Crippen molar-refractivity contribution >= 4 is 16.6 Å². The van der Waals surface area contributed by atoms with Crippen molar-refractivity contribution in [1.29, 1.82) is 0 Å². The van der Waals surface area contributed by atoms with E-state index in [1.807, 2.05) is 18.2 Å². The number of aromatic nitrogens is 1. The van der Waals surface area contributed by atoms with Gasteiger partial charge in [-0.1, -0.05) is 0 Å². The Labute approximate surface area is 142 Å². The molecule has 2 aliphatic rings. The maximum atomic E-state index is 13.0. The molecule has 1 aliphatic heterocycles. The number of ether oxygens (including phenoxy) is 4. The van der Waals surface area contributed by atoms with Gasteiger partial charge in [0.25, 0.3) is 0 Å². The van der Waals surface area contributed by atoms with E-state index in [2.05, 4.69) is 4.98 Å². The molecule has 0 amide bonds. The molecule has 5 rings (SSSR count). The minimum absolute atomic E-state index is 0.140. The first-order valence-electron chi connectivity index (χ1n) is 7.75. The van der Waals surface area contributed by atoms with Gasteiger partial charge in [-0.3, -0.25) is 9.78 Å². The number of fused-ring (bicyclic) bond motifs is 3. The Kier molecular flexibility index (Phi) is 2.74. The average molecular weight is 335 g/mol. The van der Waals surface area contributed by atoms with Crippen LogP contribution in [0.1, 0.15) is 16.1 Å². The number of hydrogen-bond donors (Lipinski definition) is 0. The van der Waals surface area contributed by atoms with Crippen LogP contribution in [0.15, 0.2) is 30.5 Å². The molecule has 0 unspecified atom stereocenters. The average Bonchev–Trinajstić information content (AvgIpc) is 3.11. The Balaban J connectivity index is 1.95. The molecule has 124 valence electrons. The summed E-state index contributed by atoms with van der Waals surface area (Å²) in [6.45, 7) is 0.152. The lowest BCUT2D eigenvalue weighted by molar-refractivity contribution is 0.103. The third kappa shape index (κ3) is 1.73. The molecule has 25 heavy (non-hydrogen) atoms. The minimum atomic E-state index is -0.140. The molecule has 6 nitrogen and oxygen atoms in total. The molecule has 0 saturated heterocycles. The molecule has 2 heterocycles. The fourth-order valence-corrected chi connectivity index (χ4v) is 3.55. The summed E-state index contributed by atoms with van der Waals surface area (Å²) < 4.78 is 21.9. The zero-order chi connectivity index (χ0) is 17.1. The van der Waals surface area contributed by atoms with Crippen molar-refractivity contribution in [2.75, 3.05) is 21.0 Å². The van der Waals surface area contributed by atoms with E-state index in [0.717, 1.165) is 21.9 Å². The van der Waals surface area contributed by atoms with Gasteiger partial charge in [0, 0.05) is 22.5 Å². The second kappa shape index (κ2) is 4.86. The van der Waals surface area contributed by atoms with Crippen LogP contribution in [0.5, 0.6) is 23.0 Å². The molecule has 0 fully saturated rings. The monoisotopic (exact) mass is 335 g/mol. The lowest BCUT2D eigenvalue weighted by Gasteiger charge is -2.22. The van der Waals surface area contributed by atoms with Crippen LogP contribution in [0.25, 0.3) is 21.9 Å². The SMILES string of the molecule is COc1cc2c3c(nccc3c1OC)C(=O)c1cc3c(cc1-2)OCO3. The zero-order valence-electron chi connectivity index (χ0n) is 13.6. The molecule has 0 atom stereocenters. The van der Waals surface area contributed by atoms with E-state index in [0.29, 0.717) is 34.3 Å². The van der Waals surface area contributed by atoms with Gasteiger partial charge < -0.3 is 18.9 Å². The van der Waals surface area contributed by atoms with Crippen molar-refractivity contribution in [3.63, 3.8) is 0 Å². The first-order valence-corrected chi connectivity index (χ1v) is 7.75. The summed E-state index contributed by atoms with van der Waals surface area (Å²) in [5.41, 5.74) is 2.59. The van der Waals surface area contributed by atoms with Crippen molar-refractivity contribution < 1.29 is 23.7 Å². The molecule has 3 aromatic rings. The van der Waals surface area contributed by atoms with E-state index < -0.39 is 0 Å². The largest absolute Gasteiger partial charge is 0.493 e. The van der Waals surface area contributed by atoms with Gasteiger partial charge in [0.1, 0.15) is 5.69 Å². The van der Waals surface area contributed by atoms with Gasteiger partial charge in [0.2, 0.25) is 12.6 Å². The molecule has 2 aromatic carbocycles. The Hall–Kier alpha value is -3.28. The third-order valence-corrected chi connectivity index (χ3v) is 4.65. The van der Waals surface area contributed by atoms with Crippen LogP contribution < -0.4 is 18.9 Å². The summed E-state index contributed by atoms with van der Waals surface area (Å²) in [4.78, 5) is 17.3. The van der Waals surface area contributed by atoms with E-state index in [1.54, 1.807) is 26.5 Å². The van der Waals surface area contributed by atoms with Gasteiger partial charge in [0.05, 0.1) is 14.2 Å². The smallest absolute Gasteiger partial charge is 0.231 e. The number of pyridine rings is 1. The summed E-state index contributed by atoms with van der Waals surface area (Å²) in [5, 5.41) is 1.55. The van der Waals surface area contributed by atoms with Gasteiger partial charge in [-0.05, 0) is 35.4 Å². The number of nitrogens with zero attached hydrogens (tertiary/aromatic N) is 1. The van der Waals surface area contributed by atoms with E-state index in [9.17, 15) is 4.79 Å². The van der Waals surface area contributed by atoms with E-state index in [4.69, 9.17) is 18.9 Å². The van der Waals surface area contributed by atoms with Crippen molar-refractivity contribution in [2.24, 2.45) is 0 Å². The summed E-state index contributed by atoms with van der Waals surface area (Å²) in [5.74, 6) is 2.24. The number of methoxy groups -OCH3 is 2. The molecule has 0 spiro atoms. The van der Waals surface area contributed by atoms with Gasteiger partial charge >= 0.3 is 0 Å². The maximum Gasteiger partial charge on any atom is 0.231 e.